The zero-order valence-electron chi connectivity index (χ0n) is 12.0. The lowest BCUT2D eigenvalue weighted by molar-refractivity contribution is 0.0811. The minimum Gasteiger partial charge on any atom is -0.394 e. The molecule has 0 spiro atoms. The summed E-state index contributed by atoms with van der Waals surface area (Å²) >= 11 is 0. The lowest BCUT2D eigenvalue weighted by Crippen LogP contribution is -2.24. The second kappa shape index (κ2) is 6.35. The average molecular weight is 277 g/mol. The van der Waals surface area contributed by atoms with Gasteiger partial charge in [0.05, 0.1) is 36.3 Å². The predicted octanol–water partition coefficient (Wildman–Crippen LogP) is 1.44. The lowest BCUT2D eigenvalue weighted by atomic mass is 10.0. The summed E-state index contributed by atoms with van der Waals surface area (Å²) in [5, 5.41) is 18.8. The van der Waals surface area contributed by atoms with Crippen molar-refractivity contribution in [1.29, 1.82) is 0 Å². The molecule has 0 saturated carbocycles. The van der Waals surface area contributed by atoms with Crippen molar-refractivity contribution in [3.8, 4) is 0 Å². The molecule has 5 heteroatoms. The van der Waals surface area contributed by atoms with E-state index in [0.29, 0.717) is 12.5 Å². The molecule has 0 aliphatic heterocycles. The lowest BCUT2D eigenvalue weighted by Gasteiger charge is -2.18. The molecule has 2 unspecified atom stereocenters. The molecule has 0 saturated heterocycles. The van der Waals surface area contributed by atoms with Crippen LogP contribution in [0.1, 0.15) is 32.1 Å². The van der Waals surface area contributed by atoms with E-state index in [9.17, 15) is 5.11 Å². The number of hydrogen-bond acceptors (Lipinski definition) is 4. The molecule has 0 bridgehead atoms. The van der Waals surface area contributed by atoms with Crippen LogP contribution in [0.25, 0.3) is 11.0 Å². The van der Waals surface area contributed by atoms with Gasteiger partial charge in [0.25, 0.3) is 0 Å². The maximum atomic E-state index is 9.74. The van der Waals surface area contributed by atoms with Crippen LogP contribution in [0.3, 0.4) is 0 Å². The molecule has 2 aromatic rings. The third-order valence-electron chi connectivity index (χ3n) is 3.35. The summed E-state index contributed by atoms with van der Waals surface area (Å²) in [5.41, 5.74) is 8.06. The van der Waals surface area contributed by atoms with Crippen LogP contribution in [0.4, 0.5) is 0 Å². The summed E-state index contributed by atoms with van der Waals surface area (Å²) in [6.45, 7) is 4.27. The number of nitrogens with zero attached hydrogens (tertiary/aromatic N) is 2. The third-order valence-corrected chi connectivity index (χ3v) is 3.35. The first-order chi connectivity index (χ1) is 9.52. The Morgan fingerprint density at radius 2 is 2.00 bits per heavy atom. The minimum absolute atomic E-state index is 0.173. The van der Waals surface area contributed by atoms with Crippen molar-refractivity contribution < 1.29 is 10.2 Å². The van der Waals surface area contributed by atoms with Gasteiger partial charge in [0, 0.05) is 0 Å². The largest absolute Gasteiger partial charge is 0.394 e. The molecule has 110 valence electrons. The molecule has 5 nitrogen and oxygen atoms in total. The standard InChI is InChI=1S/C15H23N3O2/c1-10(2)7-12(16)15-17-13-5-3-4-6-14(13)18(15)8-11(20)9-19/h3-6,10-12,19-20H,7-9,16H2,1-2H3. The average Bonchev–Trinajstić information content (AvgIpc) is 2.77. The van der Waals surface area contributed by atoms with E-state index in [1.54, 1.807) is 0 Å². The van der Waals surface area contributed by atoms with E-state index >= 15 is 0 Å². The Kier molecular flexibility index (Phi) is 4.75. The van der Waals surface area contributed by atoms with Crippen LogP contribution in [-0.2, 0) is 6.54 Å². The van der Waals surface area contributed by atoms with E-state index in [4.69, 9.17) is 10.8 Å². The SMILES string of the molecule is CC(C)CC(N)c1nc2ccccc2n1CC(O)CO. The van der Waals surface area contributed by atoms with Crippen LogP contribution in [-0.4, -0.2) is 32.5 Å². The smallest absolute Gasteiger partial charge is 0.126 e. The molecule has 4 N–H and O–H groups in total. The van der Waals surface area contributed by atoms with E-state index in [2.05, 4.69) is 18.8 Å². The summed E-state index contributed by atoms with van der Waals surface area (Å²) in [6.07, 6.45) is 0.0241. The van der Waals surface area contributed by atoms with Gasteiger partial charge in [-0.15, -0.1) is 0 Å². The zero-order valence-corrected chi connectivity index (χ0v) is 12.0. The fourth-order valence-electron chi connectivity index (χ4n) is 2.45. The number of rotatable bonds is 6. The summed E-state index contributed by atoms with van der Waals surface area (Å²) in [6, 6.07) is 7.58. The molecule has 0 aliphatic rings. The van der Waals surface area contributed by atoms with Crippen LogP contribution in [0.2, 0.25) is 0 Å². The van der Waals surface area contributed by atoms with Gasteiger partial charge in [-0.25, -0.2) is 4.98 Å². The van der Waals surface area contributed by atoms with Crippen LogP contribution >= 0.6 is 0 Å². The van der Waals surface area contributed by atoms with Crippen molar-refractivity contribution in [3.63, 3.8) is 0 Å². The molecular weight excluding hydrogens is 254 g/mol. The fraction of sp³-hybridized carbons (Fsp3) is 0.533. The van der Waals surface area contributed by atoms with Gasteiger partial charge in [-0.2, -0.15) is 0 Å². The maximum Gasteiger partial charge on any atom is 0.126 e. The number of hydrogen-bond donors (Lipinski definition) is 3. The highest BCUT2D eigenvalue weighted by Gasteiger charge is 2.19. The Hall–Kier alpha value is -1.43. The quantitative estimate of drug-likeness (QED) is 0.746. The van der Waals surface area contributed by atoms with Gasteiger partial charge in [0.15, 0.2) is 0 Å². The van der Waals surface area contributed by atoms with E-state index in [0.717, 1.165) is 23.3 Å². The molecule has 0 radical (unpaired) electrons. The number of fused-ring (bicyclic) bond motifs is 1. The predicted molar refractivity (Wildman–Crippen MR) is 79.2 cm³/mol. The van der Waals surface area contributed by atoms with Gasteiger partial charge in [-0.05, 0) is 24.5 Å². The number of aliphatic hydroxyl groups excluding tert-OH is 2. The van der Waals surface area contributed by atoms with Crippen LogP contribution in [0, 0.1) is 5.92 Å². The first-order valence-electron chi connectivity index (χ1n) is 7.02. The van der Waals surface area contributed by atoms with Crippen molar-refractivity contribution in [3.05, 3.63) is 30.1 Å². The van der Waals surface area contributed by atoms with E-state index in [1.165, 1.54) is 0 Å². The Bertz CT molecular complexity index is 565. The third kappa shape index (κ3) is 3.17. The van der Waals surface area contributed by atoms with Gasteiger partial charge in [-0.1, -0.05) is 26.0 Å². The molecule has 1 aromatic heterocycles. The molecule has 0 aliphatic carbocycles. The van der Waals surface area contributed by atoms with Crippen LogP contribution in [0.5, 0.6) is 0 Å². The van der Waals surface area contributed by atoms with E-state index < -0.39 is 6.10 Å². The number of aromatic nitrogens is 2. The summed E-state index contributed by atoms with van der Waals surface area (Å²) in [4.78, 5) is 4.60. The minimum atomic E-state index is -0.808. The van der Waals surface area contributed by atoms with E-state index in [1.807, 2.05) is 28.8 Å². The number of benzene rings is 1. The highest BCUT2D eigenvalue weighted by Crippen LogP contribution is 2.24. The molecule has 20 heavy (non-hydrogen) atoms. The van der Waals surface area contributed by atoms with Crippen molar-refractivity contribution in [2.75, 3.05) is 6.61 Å². The number of para-hydroxylation sites is 2. The second-order valence-electron chi connectivity index (χ2n) is 5.64. The van der Waals surface area contributed by atoms with Crippen molar-refractivity contribution in [2.24, 2.45) is 11.7 Å². The number of nitrogens with two attached hydrogens (primary N) is 1. The monoisotopic (exact) mass is 277 g/mol. The normalized spacial score (nSPS) is 14.9. The van der Waals surface area contributed by atoms with Gasteiger partial charge in [-0.3, -0.25) is 0 Å². The summed E-state index contributed by atoms with van der Waals surface area (Å²) in [5.74, 6) is 1.24. The van der Waals surface area contributed by atoms with Crippen molar-refractivity contribution in [1.82, 2.24) is 9.55 Å². The second-order valence-corrected chi connectivity index (χ2v) is 5.64. The highest BCUT2D eigenvalue weighted by atomic mass is 16.3. The summed E-state index contributed by atoms with van der Waals surface area (Å²) < 4.78 is 1.92. The Morgan fingerprint density at radius 1 is 1.30 bits per heavy atom. The molecule has 1 aromatic carbocycles. The van der Waals surface area contributed by atoms with Crippen LogP contribution < -0.4 is 5.73 Å². The Labute approximate surface area is 119 Å². The fourth-order valence-corrected chi connectivity index (χ4v) is 2.45. The van der Waals surface area contributed by atoms with E-state index in [-0.39, 0.29) is 12.6 Å². The van der Waals surface area contributed by atoms with Crippen LogP contribution in [0.15, 0.2) is 24.3 Å². The highest BCUT2D eigenvalue weighted by molar-refractivity contribution is 5.76. The molecular formula is C15H23N3O2. The first-order valence-corrected chi connectivity index (χ1v) is 7.02. The van der Waals surface area contributed by atoms with Crippen molar-refractivity contribution >= 4 is 11.0 Å². The molecule has 1 heterocycles. The maximum absolute atomic E-state index is 9.74. The van der Waals surface area contributed by atoms with Gasteiger partial charge in [0.1, 0.15) is 5.82 Å². The van der Waals surface area contributed by atoms with Gasteiger partial charge < -0.3 is 20.5 Å². The van der Waals surface area contributed by atoms with Gasteiger partial charge in [0.2, 0.25) is 0 Å². The zero-order chi connectivity index (χ0) is 14.7. The Balaban J connectivity index is 2.43. The van der Waals surface area contributed by atoms with Crippen molar-refractivity contribution in [2.45, 2.75) is 39.0 Å². The topological polar surface area (TPSA) is 84.3 Å². The number of aliphatic hydroxyl groups is 2. The molecule has 0 amide bonds. The Morgan fingerprint density at radius 3 is 2.65 bits per heavy atom. The number of imidazole rings is 1. The van der Waals surface area contributed by atoms with Gasteiger partial charge >= 0.3 is 0 Å². The molecule has 2 rings (SSSR count). The molecule has 2 atom stereocenters. The summed E-state index contributed by atoms with van der Waals surface area (Å²) in [7, 11) is 0. The molecule has 0 fully saturated rings. The first kappa shape index (κ1) is 15.0.